The Labute approximate surface area is 102 Å². The second kappa shape index (κ2) is 5.41. The van der Waals surface area contributed by atoms with E-state index in [2.05, 4.69) is 5.32 Å². The van der Waals surface area contributed by atoms with E-state index in [0.29, 0.717) is 18.0 Å². The Morgan fingerprint density at radius 2 is 2.19 bits per heavy atom. The molecule has 92 valence electrons. The molecule has 0 saturated carbocycles. The molecule has 2 unspecified atom stereocenters. The van der Waals surface area contributed by atoms with Crippen LogP contribution in [-0.4, -0.2) is 47.5 Å². The molecular weight excluding hydrogens is 220 g/mol. The molecule has 2 heterocycles. The Bertz CT molecular complexity index is 251. The van der Waals surface area contributed by atoms with Crippen molar-refractivity contribution >= 4 is 17.7 Å². The molecule has 2 fully saturated rings. The lowest BCUT2D eigenvalue weighted by molar-refractivity contribution is -0.133. The zero-order valence-electron chi connectivity index (χ0n) is 10.2. The summed E-state index contributed by atoms with van der Waals surface area (Å²) in [7, 11) is 0. The average molecular weight is 242 g/mol. The number of carbonyl (C=O) groups excluding carboxylic acids is 1. The molecule has 0 aliphatic carbocycles. The Morgan fingerprint density at radius 3 is 2.81 bits per heavy atom. The van der Waals surface area contributed by atoms with Gasteiger partial charge in [0.05, 0.1) is 0 Å². The van der Waals surface area contributed by atoms with Crippen LogP contribution in [0.4, 0.5) is 0 Å². The van der Waals surface area contributed by atoms with E-state index in [1.807, 2.05) is 30.5 Å². The maximum Gasteiger partial charge on any atom is 0.225 e. The van der Waals surface area contributed by atoms with Crippen LogP contribution in [0.5, 0.6) is 0 Å². The van der Waals surface area contributed by atoms with Gasteiger partial charge in [0, 0.05) is 36.8 Å². The maximum atomic E-state index is 11.8. The predicted molar refractivity (Wildman–Crippen MR) is 68.7 cm³/mol. The minimum atomic E-state index is 0.140. The van der Waals surface area contributed by atoms with Gasteiger partial charge in [0.1, 0.15) is 0 Å². The molecule has 0 spiro atoms. The fourth-order valence-electron chi connectivity index (χ4n) is 2.46. The highest BCUT2D eigenvalue weighted by Gasteiger charge is 2.29. The smallest absolute Gasteiger partial charge is 0.225 e. The number of likely N-dealkylation sites (tertiary alicyclic amines) is 1. The molecule has 3 nitrogen and oxygen atoms in total. The Hall–Kier alpha value is -0.220. The van der Waals surface area contributed by atoms with E-state index in [4.69, 9.17) is 0 Å². The van der Waals surface area contributed by atoms with Crippen molar-refractivity contribution in [3.8, 4) is 0 Å². The molecule has 2 aliphatic heterocycles. The third-order valence-corrected chi connectivity index (χ3v) is 4.56. The largest absolute Gasteiger partial charge is 0.341 e. The SMILES string of the molecule is CC(C)C(=O)N1CCC(NC2CCSC2)C1. The van der Waals surface area contributed by atoms with Gasteiger partial charge in [-0.1, -0.05) is 13.8 Å². The van der Waals surface area contributed by atoms with Crippen molar-refractivity contribution in [2.45, 2.75) is 38.8 Å². The van der Waals surface area contributed by atoms with Crippen LogP contribution >= 0.6 is 11.8 Å². The summed E-state index contributed by atoms with van der Waals surface area (Å²) >= 11 is 2.03. The van der Waals surface area contributed by atoms with Crippen LogP contribution in [0.25, 0.3) is 0 Å². The van der Waals surface area contributed by atoms with Crippen molar-refractivity contribution in [3.05, 3.63) is 0 Å². The van der Waals surface area contributed by atoms with Gasteiger partial charge in [0.25, 0.3) is 0 Å². The Morgan fingerprint density at radius 1 is 1.38 bits per heavy atom. The molecule has 2 aliphatic rings. The lowest BCUT2D eigenvalue weighted by Gasteiger charge is -2.21. The number of amides is 1. The summed E-state index contributed by atoms with van der Waals surface area (Å²) < 4.78 is 0. The molecule has 16 heavy (non-hydrogen) atoms. The van der Waals surface area contributed by atoms with Crippen LogP contribution in [0, 0.1) is 5.92 Å². The molecule has 2 rings (SSSR count). The summed E-state index contributed by atoms with van der Waals surface area (Å²) in [6.45, 7) is 5.82. The third kappa shape index (κ3) is 2.92. The van der Waals surface area contributed by atoms with Crippen molar-refractivity contribution in [2.24, 2.45) is 5.92 Å². The molecule has 4 heteroatoms. The highest BCUT2D eigenvalue weighted by Crippen LogP contribution is 2.20. The van der Waals surface area contributed by atoms with E-state index in [9.17, 15) is 4.79 Å². The fraction of sp³-hybridized carbons (Fsp3) is 0.917. The van der Waals surface area contributed by atoms with Crippen molar-refractivity contribution in [1.82, 2.24) is 10.2 Å². The molecule has 2 saturated heterocycles. The Balaban J connectivity index is 1.76. The quantitative estimate of drug-likeness (QED) is 0.810. The summed E-state index contributed by atoms with van der Waals surface area (Å²) in [6, 6.07) is 1.22. The number of carbonyl (C=O) groups is 1. The van der Waals surface area contributed by atoms with Gasteiger partial charge in [-0.2, -0.15) is 11.8 Å². The summed E-state index contributed by atoms with van der Waals surface area (Å²) in [5, 5.41) is 3.69. The van der Waals surface area contributed by atoms with E-state index in [1.165, 1.54) is 17.9 Å². The highest BCUT2D eigenvalue weighted by molar-refractivity contribution is 7.99. The van der Waals surface area contributed by atoms with Crippen molar-refractivity contribution in [1.29, 1.82) is 0 Å². The number of rotatable bonds is 3. The predicted octanol–water partition coefficient (Wildman–Crippen LogP) is 1.34. The zero-order chi connectivity index (χ0) is 11.5. The van der Waals surface area contributed by atoms with Crippen LogP contribution in [0.1, 0.15) is 26.7 Å². The monoisotopic (exact) mass is 242 g/mol. The average Bonchev–Trinajstić information content (AvgIpc) is 2.88. The number of nitrogens with one attached hydrogen (secondary N) is 1. The topological polar surface area (TPSA) is 32.3 Å². The molecule has 1 amide bonds. The van der Waals surface area contributed by atoms with Gasteiger partial charge >= 0.3 is 0 Å². The fourth-order valence-corrected chi connectivity index (χ4v) is 3.63. The van der Waals surface area contributed by atoms with Crippen molar-refractivity contribution < 1.29 is 4.79 Å². The van der Waals surface area contributed by atoms with Gasteiger partial charge in [-0.25, -0.2) is 0 Å². The first-order chi connectivity index (χ1) is 7.66. The highest BCUT2D eigenvalue weighted by atomic mass is 32.2. The van der Waals surface area contributed by atoms with Crippen molar-refractivity contribution in [3.63, 3.8) is 0 Å². The lowest BCUT2D eigenvalue weighted by atomic mass is 10.2. The van der Waals surface area contributed by atoms with Gasteiger partial charge in [0.15, 0.2) is 0 Å². The van der Waals surface area contributed by atoms with E-state index in [1.54, 1.807) is 0 Å². The summed E-state index contributed by atoms with van der Waals surface area (Å²) in [6.07, 6.45) is 2.42. The van der Waals surface area contributed by atoms with Crippen LogP contribution in [0.3, 0.4) is 0 Å². The van der Waals surface area contributed by atoms with Gasteiger partial charge < -0.3 is 10.2 Å². The first-order valence-corrected chi connectivity index (χ1v) is 7.45. The molecule has 0 aromatic rings. The van der Waals surface area contributed by atoms with E-state index in [-0.39, 0.29) is 5.92 Å². The second-order valence-corrected chi connectivity index (χ2v) is 6.30. The zero-order valence-corrected chi connectivity index (χ0v) is 11.1. The van der Waals surface area contributed by atoms with E-state index >= 15 is 0 Å². The first kappa shape index (κ1) is 12.2. The van der Waals surface area contributed by atoms with Crippen LogP contribution in [0.15, 0.2) is 0 Å². The normalized spacial score (nSPS) is 30.3. The molecular formula is C12H22N2OS. The van der Waals surface area contributed by atoms with Gasteiger partial charge in [-0.05, 0) is 18.6 Å². The first-order valence-electron chi connectivity index (χ1n) is 6.29. The minimum Gasteiger partial charge on any atom is -0.341 e. The summed E-state index contributed by atoms with van der Waals surface area (Å²) in [5.41, 5.74) is 0. The minimum absolute atomic E-state index is 0.140. The Kier molecular flexibility index (Phi) is 4.14. The van der Waals surface area contributed by atoms with Crippen LogP contribution in [-0.2, 0) is 4.79 Å². The van der Waals surface area contributed by atoms with Crippen LogP contribution in [0.2, 0.25) is 0 Å². The van der Waals surface area contributed by atoms with Gasteiger partial charge in [-0.3, -0.25) is 4.79 Å². The molecule has 0 aromatic carbocycles. The molecule has 0 bridgehead atoms. The number of hydrogen-bond donors (Lipinski definition) is 1. The van der Waals surface area contributed by atoms with E-state index < -0.39 is 0 Å². The van der Waals surface area contributed by atoms with Gasteiger partial charge in [-0.15, -0.1) is 0 Å². The number of nitrogens with zero attached hydrogens (tertiary/aromatic N) is 1. The standard InChI is InChI=1S/C12H22N2OS/c1-9(2)12(15)14-5-3-10(7-14)13-11-4-6-16-8-11/h9-11,13H,3-8H2,1-2H3. The number of thioether (sulfide) groups is 1. The maximum absolute atomic E-state index is 11.8. The summed E-state index contributed by atoms with van der Waals surface area (Å²) in [5.74, 6) is 2.99. The molecule has 0 radical (unpaired) electrons. The van der Waals surface area contributed by atoms with Crippen molar-refractivity contribution in [2.75, 3.05) is 24.6 Å². The molecule has 2 atom stereocenters. The van der Waals surface area contributed by atoms with Gasteiger partial charge in [0.2, 0.25) is 5.91 Å². The second-order valence-electron chi connectivity index (χ2n) is 5.15. The lowest BCUT2D eigenvalue weighted by Crippen LogP contribution is -2.41. The molecule has 0 aromatic heterocycles. The third-order valence-electron chi connectivity index (χ3n) is 3.39. The van der Waals surface area contributed by atoms with E-state index in [0.717, 1.165) is 19.5 Å². The molecule has 1 N–H and O–H groups in total. The van der Waals surface area contributed by atoms with Crippen LogP contribution < -0.4 is 5.32 Å². The summed E-state index contributed by atoms with van der Waals surface area (Å²) in [4.78, 5) is 13.8. The number of hydrogen-bond acceptors (Lipinski definition) is 3.